The van der Waals surface area contributed by atoms with Crippen LogP contribution in [0, 0.1) is 6.92 Å². The molecule has 20 heavy (non-hydrogen) atoms. The van der Waals surface area contributed by atoms with Crippen molar-refractivity contribution >= 4 is 11.9 Å². The van der Waals surface area contributed by atoms with Crippen LogP contribution in [0.1, 0.15) is 25.0 Å². The maximum absolute atomic E-state index is 5.71. The van der Waals surface area contributed by atoms with E-state index in [-0.39, 0.29) is 6.10 Å². The van der Waals surface area contributed by atoms with E-state index in [1.807, 2.05) is 63.2 Å². The number of nitrogens with one attached hydrogen (secondary N) is 1. The summed E-state index contributed by atoms with van der Waals surface area (Å²) in [6.07, 6.45) is 1.99. The summed E-state index contributed by atoms with van der Waals surface area (Å²) in [5, 5.41) is 4.23. The molecule has 1 N–H and O–H groups in total. The Kier molecular flexibility index (Phi) is 4.77. The van der Waals surface area contributed by atoms with E-state index in [0.29, 0.717) is 0 Å². The number of benzene rings is 2. The number of hydrogen-bond acceptors (Lipinski definition) is 3. The molecule has 0 aliphatic carbocycles. The predicted molar refractivity (Wildman–Crippen MR) is 84.6 cm³/mol. The summed E-state index contributed by atoms with van der Waals surface area (Å²) in [6, 6.07) is 15.9. The zero-order valence-electron chi connectivity index (χ0n) is 12.1. The largest absolute Gasteiger partial charge is 0.491 e. The summed E-state index contributed by atoms with van der Waals surface area (Å²) in [4.78, 5) is 0. The molecule has 2 rings (SSSR count). The third kappa shape index (κ3) is 4.12. The van der Waals surface area contributed by atoms with Crippen LogP contribution in [0.2, 0.25) is 0 Å². The van der Waals surface area contributed by atoms with Gasteiger partial charge in [0.2, 0.25) is 0 Å². The average molecular weight is 268 g/mol. The molecule has 0 bridgehead atoms. The zero-order chi connectivity index (χ0) is 14.4. The summed E-state index contributed by atoms with van der Waals surface area (Å²) >= 11 is 0. The molecule has 0 saturated carbocycles. The minimum absolute atomic E-state index is 0.188. The lowest BCUT2D eigenvalue weighted by Gasteiger charge is -2.12. The van der Waals surface area contributed by atoms with Crippen LogP contribution in [0.5, 0.6) is 5.75 Å². The normalized spacial score (nSPS) is 11.0. The molecule has 104 valence electrons. The first kappa shape index (κ1) is 14.1. The summed E-state index contributed by atoms with van der Waals surface area (Å²) < 4.78 is 5.71. The molecule has 0 heterocycles. The van der Waals surface area contributed by atoms with Gasteiger partial charge in [-0.25, -0.2) is 0 Å². The number of hydrogen-bond donors (Lipinski definition) is 1. The van der Waals surface area contributed by atoms with E-state index in [2.05, 4.69) is 16.6 Å². The second-order valence-corrected chi connectivity index (χ2v) is 4.93. The van der Waals surface area contributed by atoms with Gasteiger partial charge in [0.25, 0.3) is 0 Å². The number of rotatable bonds is 5. The first-order valence-corrected chi connectivity index (χ1v) is 6.76. The van der Waals surface area contributed by atoms with Gasteiger partial charge in [0.15, 0.2) is 0 Å². The van der Waals surface area contributed by atoms with Crippen molar-refractivity contribution < 1.29 is 4.74 Å². The molecule has 2 aromatic rings. The Hall–Kier alpha value is -2.29. The molecular weight excluding hydrogens is 248 g/mol. The highest BCUT2D eigenvalue weighted by molar-refractivity contribution is 5.80. The second kappa shape index (κ2) is 6.75. The van der Waals surface area contributed by atoms with E-state index in [4.69, 9.17) is 4.74 Å². The minimum Gasteiger partial charge on any atom is -0.491 e. The summed E-state index contributed by atoms with van der Waals surface area (Å²) in [5.74, 6) is 0.924. The van der Waals surface area contributed by atoms with Crippen LogP contribution in [0.15, 0.2) is 53.6 Å². The van der Waals surface area contributed by atoms with Gasteiger partial charge in [0, 0.05) is 0 Å². The Labute approximate surface area is 120 Å². The van der Waals surface area contributed by atoms with Gasteiger partial charge in [0.1, 0.15) is 5.75 Å². The molecule has 0 fully saturated rings. The lowest BCUT2D eigenvalue weighted by atomic mass is 10.1. The Morgan fingerprint density at radius 1 is 1.10 bits per heavy atom. The molecule has 2 aromatic carbocycles. The molecule has 0 atom stereocenters. The molecule has 3 nitrogen and oxygen atoms in total. The number of anilines is 1. The van der Waals surface area contributed by atoms with Crippen LogP contribution in [0.3, 0.4) is 0 Å². The molecular formula is C17H20N2O. The minimum atomic E-state index is 0.188. The lowest BCUT2D eigenvalue weighted by molar-refractivity contribution is 0.241. The maximum Gasteiger partial charge on any atom is 0.122 e. The molecule has 0 radical (unpaired) electrons. The average Bonchev–Trinajstić information content (AvgIpc) is 2.43. The van der Waals surface area contributed by atoms with Crippen molar-refractivity contribution in [3.05, 3.63) is 59.7 Å². The SMILES string of the molecule is Cc1cc(C=NNc2ccccc2)ccc1OC(C)C. The third-order valence-corrected chi connectivity index (χ3v) is 2.74. The van der Waals surface area contributed by atoms with Crippen molar-refractivity contribution in [3.8, 4) is 5.75 Å². The van der Waals surface area contributed by atoms with E-state index < -0.39 is 0 Å². The fourth-order valence-corrected chi connectivity index (χ4v) is 1.83. The van der Waals surface area contributed by atoms with Gasteiger partial charge in [-0.05, 0) is 62.2 Å². The fraction of sp³-hybridized carbons (Fsp3) is 0.235. The van der Waals surface area contributed by atoms with Gasteiger partial charge in [-0.15, -0.1) is 0 Å². The van der Waals surface area contributed by atoms with Gasteiger partial charge in [-0.2, -0.15) is 5.10 Å². The highest BCUT2D eigenvalue weighted by atomic mass is 16.5. The topological polar surface area (TPSA) is 33.6 Å². The molecule has 0 unspecified atom stereocenters. The quantitative estimate of drug-likeness (QED) is 0.650. The van der Waals surface area contributed by atoms with E-state index in [1.54, 1.807) is 6.21 Å². The van der Waals surface area contributed by atoms with Crippen LogP contribution in [0.4, 0.5) is 5.69 Å². The van der Waals surface area contributed by atoms with Crippen molar-refractivity contribution in [2.75, 3.05) is 5.43 Å². The molecule has 0 aliphatic rings. The highest BCUT2D eigenvalue weighted by Crippen LogP contribution is 2.19. The highest BCUT2D eigenvalue weighted by Gasteiger charge is 2.02. The number of aryl methyl sites for hydroxylation is 1. The molecule has 3 heteroatoms. The standard InChI is InChI=1S/C17H20N2O/c1-13(2)20-17-10-9-15(11-14(17)3)12-18-19-16-7-5-4-6-8-16/h4-13,19H,1-3H3. The van der Waals surface area contributed by atoms with Gasteiger partial charge in [-0.3, -0.25) is 5.43 Å². The van der Waals surface area contributed by atoms with Gasteiger partial charge >= 0.3 is 0 Å². The Morgan fingerprint density at radius 2 is 1.85 bits per heavy atom. The Morgan fingerprint density at radius 3 is 2.50 bits per heavy atom. The molecule has 0 saturated heterocycles. The lowest BCUT2D eigenvalue weighted by Crippen LogP contribution is -2.06. The number of hydrazone groups is 1. The van der Waals surface area contributed by atoms with Gasteiger partial charge < -0.3 is 4.74 Å². The number of para-hydroxylation sites is 1. The number of ether oxygens (including phenoxy) is 1. The monoisotopic (exact) mass is 268 g/mol. The van der Waals surface area contributed by atoms with Crippen LogP contribution in [-0.4, -0.2) is 12.3 Å². The van der Waals surface area contributed by atoms with E-state index in [1.165, 1.54) is 0 Å². The van der Waals surface area contributed by atoms with Gasteiger partial charge in [-0.1, -0.05) is 18.2 Å². The van der Waals surface area contributed by atoms with Crippen LogP contribution in [0.25, 0.3) is 0 Å². The van der Waals surface area contributed by atoms with Crippen LogP contribution >= 0.6 is 0 Å². The Bertz CT molecular complexity index is 577. The van der Waals surface area contributed by atoms with Crippen LogP contribution in [-0.2, 0) is 0 Å². The van der Waals surface area contributed by atoms with Gasteiger partial charge in [0.05, 0.1) is 18.0 Å². The second-order valence-electron chi connectivity index (χ2n) is 4.93. The van der Waals surface area contributed by atoms with E-state index >= 15 is 0 Å². The molecule has 0 aromatic heterocycles. The van der Waals surface area contributed by atoms with Crippen molar-refractivity contribution in [2.24, 2.45) is 5.10 Å². The van der Waals surface area contributed by atoms with Crippen molar-refractivity contribution in [1.82, 2.24) is 0 Å². The maximum atomic E-state index is 5.71. The molecule has 0 spiro atoms. The van der Waals surface area contributed by atoms with Crippen LogP contribution < -0.4 is 10.2 Å². The molecule has 0 amide bonds. The first-order valence-electron chi connectivity index (χ1n) is 6.76. The summed E-state index contributed by atoms with van der Waals surface area (Å²) in [5.41, 5.74) is 6.13. The smallest absolute Gasteiger partial charge is 0.122 e. The summed E-state index contributed by atoms with van der Waals surface area (Å²) in [7, 11) is 0. The van der Waals surface area contributed by atoms with E-state index in [9.17, 15) is 0 Å². The fourth-order valence-electron chi connectivity index (χ4n) is 1.83. The van der Waals surface area contributed by atoms with E-state index in [0.717, 1.165) is 22.6 Å². The zero-order valence-corrected chi connectivity index (χ0v) is 12.1. The first-order chi connectivity index (χ1) is 9.65. The van der Waals surface area contributed by atoms with Crippen molar-refractivity contribution in [1.29, 1.82) is 0 Å². The number of nitrogens with zero attached hydrogens (tertiary/aromatic N) is 1. The Balaban J connectivity index is 2.01. The van der Waals surface area contributed by atoms with Crippen molar-refractivity contribution in [3.63, 3.8) is 0 Å². The van der Waals surface area contributed by atoms with Crippen molar-refractivity contribution in [2.45, 2.75) is 26.9 Å². The predicted octanol–water partition coefficient (Wildman–Crippen LogP) is 4.23. The summed E-state index contributed by atoms with van der Waals surface area (Å²) in [6.45, 7) is 6.09. The third-order valence-electron chi connectivity index (χ3n) is 2.74. The molecule has 0 aliphatic heterocycles.